The lowest BCUT2D eigenvalue weighted by molar-refractivity contribution is -0.880. The van der Waals surface area contributed by atoms with Crippen LogP contribution in [-0.4, -0.2) is 26.1 Å². The summed E-state index contributed by atoms with van der Waals surface area (Å²) < 4.78 is 0. The standard InChI is InChI=1S/C9H21N.C3H6O2/c1-4-6-8-10(3)9-7-5-2;1-2-3(4)5/h4-9H2,1-3H3;2H2,1H3,(H,4,5). The van der Waals surface area contributed by atoms with Crippen LogP contribution in [0.15, 0.2) is 0 Å². The first-order valence-corrected chi connectivity index (χ1v) is 6.09. The van der Waals surface area contributed by atoms with E-state index in [1.807, 2.05) is 0 Å². The number of nitrogens with one attached hydrogen (secondary N) is 1. The molecule has 0 radical (unpaired) electrons. The van der Waals surface area contributed by atoms with Gasteiger partial charge in [0.2, 0.25) is 0 Å². The van der Waals surface area contributed by atoms with Crippen LogP contribution >= 0.6 is 0 Å². The third-order valence-corrected chi connectivity index (χ3v) is 2.20. The third-order valence-electron chi connectivity index (χ3n) is 2.20. The second-order valence-corrected chi connectivity index (χ2v) is 3.89. The molecule has 0 saturated heterocycles. The number of hydrogen-bond donors (Lipinski definition) is 1. The smallest absolute Gasteiger partial charge is 0.0768 e. The summed E-state index contributed by atoms with van der Waals surface area (Å²) >= 11 is 0. The van der Waals surface area contributed by atoms with Gasteiger partial charge in [0.25, 0.3) is 0 Å². The van der Waals surface area contributed by atoms with Crippen molar-refractivity contribution < 1.29 is 14.8 Å². The zero-order chi connectivity index (χ0) is 12.1. The number of carboxylic acids is 1. The molecule has 3 nitrogen and oxygen atoms in total. The van der Waals surface area contributed by atoms with Crippen molar-refractivity contribution in [2.24, 2.45) is 0 Å². The highest BCUT2D eigenvalue weighted by Gasteiger charge is 1.97. The normalized spacial score (nSPS) is 9.67. The number of carboxylic acid groups (broad SMARTS) is 1. The first-order chi connectivity index (χ1) is 7.08. The number of aliphatic carboxylic acids is 1. The predicted molar refractivity (Wildman–Crippen MR) is 61.7 cm³/mol. The Kier molecular flexibility index (Phi) is 15.1. The lowest BCUT2D eigenvalue weighted by Crippen LogP contribution is -3.08. The van der Waals surface area contributed by atoms with E-state index in [-0.39, 0.29) is 6.42 Å². The lowest BCUT2D eigenvalue weighted by atomic mass is 10.3. The zero-order valence-electron chi connectivity index (χ0n) is 10.8. The van der Waals surface area contributed by atoms with E-state index in [0.717, 1.165) is 0 Å². The van der Waals surface area contributed by atoms with E-state index in [0.29, 0.717) is 0 Å². The quantitative estimate of drug-likeness (QED) is 0.664. The van der Waals surface area contributed by atoms with Crippen molar-refractivity contribution in [2.75, 3.05) is 20.1 Å². The van der Waals surface area contributed by atoms with E-state index in [1.165, 1.54) is 45.7 Å². The number of hydrogen-bond acceptors (Lipinski definition) is 2. The molecule has 92 valence electrons. The van der Waals surface area contributed by atoms with Crippen molar-refractivity contribution in [3.05, 3.63) is 0 Å². The minimum Gasteiger partial charge on any atom is -0.550 e. The highest BCUT2D eigenvalue weighted by atomic mass is 16.4. The number of carbonyl (C=O) groups excluding carboxylic acids is 1. The van der Waals surface area contributed by atoms with Crippen LogP contribution in [0.4, 0.5) is 0 Å². The molecule has 0 saturated carbocycles. The van der Waals surface area contributed by atoms with E-state index in [9.17, 15) is 9.90 Å². The predicted octanol–water partition coefficient (Wildman–Crippen LogP) is 0.248. The fourth-order valence-electron chi connectivity index (χ4n) is 1.08. The number of rotatable bonds is 7. The molecule has 0 aromatic carbocycles. The van der Waals surface area contributed by atoms with Crippen molar-refractivity contribution in [2.45, 2.75) is 52.9 Å². The SMILES string of the molecule is CCC(=O)[O-].CCCC[NH+](C)CCCC. The average Bonchev–Trinajstić information content (AvgIpc) is 2.24. The summed E-state index contributed by atoms with van der Waals surface area (Å²) in [6.07, 6.45) is 5.55. The van der Waals surface area contributed by atoms with Gasteiger partial charge in [-0.1, -0.05) is 33.6 Å². The molecule has 0 aliphatic heterocycles. The first-order valence-electron chi connectivity index (χ1n) is 6.09. The molecular formula is C12H27NO2. The summed E-state index contributed by atoms with van der Waals surface area (Å²) in [5, 5.41) is 9.26. The Hall–Kier alpha value is -0.570. The van der Waals surface area contributed by atoms with Gasteiger partial charge in [-0.2, -0.15) is 0 Å². The minimum atomic E-state index is -0.995. The summed E-state index contributed by atoms with van der Waals surface area (Å²) in [5.41, 5.74) is 0. The molecule has 0 amide bonds. The average molecular weight is 217 g/mol. The maximum atomic E-state index is 9.26. The van der Waals surface area contributed by atoms with Crippen molar-refractivity contribution in [3.8, 4) is 0 Å². The second kappa shape index (κ2) is 13.4. The van der Waals surface area contributed by atoms with Crippen molar-refractivity contribution >= 4 is 5.97 Å². The molecule has 3 heteroatoms. The number of carbonyl (C=O) groups is 1. The molecule has 0 fully saturated rings. The molecule has 0 bridgehead atoms. The van der Waals surface area contributed by atoms with Crippen LogP contribution in [0.25, 0.3) is 0 Å². The van der Waals surface area contributed by atoms with Crippen LogP contribution in [0.3, 0.4) is 0 Å². The van der Waals surface area contributed by atoms with Gasteiger partial charge in [0.1, 0.15) is 0 Å². The summed E-state index contributed by atoms with van der Waals surface area (Å²) in [4.78, 5) is 11.0. The van der Waals surface area contributed by atoms with Gasteiger partial charge in [-0.25, -0.2) is 0 Å². The molecule has 0 heterocycles. The van der Waals surface area contributed by atoms with Gasteiger partial charge in [0.15, 0.2) is 0 Å². The van der Waals surface area contributed by atoms with E-state index in [1.54, 1.807) is 4.90 Å². The van der Waals surface area contributed by atoms with Gasteiger partial charge in [-0.3, -0.25) is 0 Å². The largest absolute Gasteiger partial charge is 0.550 e. The van der Waals surface area contributed by atoms with Crippen LogP contribution in [0.5, 0.6) is 0 Å². The molecule has 0 atom stereocenters. The lowest BCUT2D eigenvalue weighted by Gasteiger charge is -2.11. The molecule has 0 aliphatic rings. The van der Waals surface area contributed by atoms with Gasteiger partial charge in [-0.15, -0.1) is 0 Å². The Morgan fingerprint density at radius 2 is 1.40 bits per heavy atom. The van der Waals surface area contributed by atoms with E-state index >= 15 is 0 Å². The molecule has 0 rings (SSSR count). The highest BCUT2D eigenvalue weighted by molar-refractivity contribution is 5.63. The summed E-state index contributed by atoms with van der Waals surface area (Å²) in [6, 6.07) is 0. The Balaban J connectivity index is 0. The van der Waals surface area contributed by atoms with E-state index in [2.05, 4.69) is 20.9 Å². The van der Waals surface area contributed by atoms with Gasteiger partial charge < -0.3 is 14.8 Å². The minimum absolute atomic E-state index is 0.111. The van der Waals surface area contributed by atoms with Gasteiger partial charge in [0.05, 0.1) is 20.1 Å². The van der Waals surface area contributed by atoms with Crippen LogP contribution in [0.2, 0.25) is 0 Å². The van der Waals surface area contributed by atoms with Crippen LogP contribution < -0.4 is 10.0 Å². The van der Waals surface area contributed by atoms with Crippen molar-refractivity contribution in [3.63, 3.8) is 0 Å². The maximum absolute atomic E-state index is 9.26. The molecule has 0 unspecified atom stereocenters. The van der Waals surface area contributed by atoms with E-state index in [4.69, 9.17) is 0 Å². The monoisotopic (exact) mass is 217 g/mol. The Morgan fingerprint density at radius 1 is 1.07 bits per heavy atom. The molecule has 0 aromatic heterocycles. The van der Waals surface area contributed by atoms with Gasteiger partial charge in [0, 0.05) is 5.97 Å². The maximum Gasteiger partial charge on any atom is 0.0768 e. The van der Waals surface area contributed by atoms with Gasteiger partial charge in [-0.05, 0) is 19.3 Å². The van der Waals surface area contributed by atoms with Crippen LogP contribution in [0, 0.1) is 0 Å². The fraction of sp³-hybridized carbons (Fsp3) is 0.917. The second-order valence-electron chi connectivity index (χ2n) is 3.89. The molecule has 15 heavy (non-hydrogen) atoms. The summed E-state index contributed by atoms with van der Waals surface area (Å²) in [6.45, 7) is 8.77. The first kappa shape index (κ1) is 16.8. The van der Waals surface area contributed by atoms with Crippen molar-refractivity contribution in [1.29, 1.82) is 0 Å². The molecular weight excluding hydrogens is 190 g/mol. The third kappa shape index (κ3) is 19.7. The Bertz CT molecular complexity index is 130. The molecule has 1 N–H and O–H groups in total. The number of unbranched alkanes of at least 4 members (excludes halogenated alkanes) is 2. The van der Waals surface area contributed by atoms with E-state index < -0.39 is 5.97 Å². The summed E-state index contributed by atoms with van der Waals surface area (Å²) in [5.74, 6) is -0.995. The Labute approximate surface area is 94.5 Å². The number of quaternary nitrogens is 1. The highest BCUT2D eigenvalue weighted by Crippen LogP contribution is 1.81. The van der Waals surface area contributed by atoms with Gasteiger partial charge >= 0.3 is 0 Å². The topological polar surface area (TPSA) is 44.6 Å². The molecule has 0 spiro atoms. The summed E-state index contributed by atoms with van der Waals surface area (Å²) in [7, 11) is 2.30. The molecule has 0 aromatic rings. The van der Waals surface area contributed by atoms with Crippen LogP contribution in [-0.2, 0) is 4.79 Å². The Morgan fingerprint density at radius 3 is 1.60 bits per heavy atom. The van der Waals surface area contributed by atoms with Crippen LogP contribution in [0.1, 0.15) is 52.9 Å². The molecule has 0 aliphatic carbocycles. The fourth-order valence-corrected chi connectivity index (χ4v) is 1.08. The van der Waals surface area contributed by atoms with Crippen molar-refractivity contribution in [1.82, 2.24) is 0 Å². The zero-order valence-corrected chi connectivity index (χ0v) is 10.8.